The average Bonchev–Trinajstić information content (AvgIpc) is 2.64. The molecule has 124 valence electrons. The number of hydrogen-bond donors (Lipinski definition) is 0. The number of carbonyl (C=O) groups is 1. The number of ketones is 1. The number of fused-ring (bicyclic) bond motifs is 2. The zero-order chi connectivity index (χ0) is 16.8. The summed E-state index contributed by atoms with van der Waals surface area (Å²) >= 11 is 0. The predicted octanol–water partition coefficient (Wildman–Crippen LogP) is 5.31. The van der Waals surface area contributed by atoms with Gasteiger partial charge in [-0.25, -0.2) is 0 Å². The lowest BCUT2D eigenvalue weighted by Crippen LogP contribution is -2.30. The molecule has 0 bridgehead atoms. The Labute approximate surface area is 139 Å². The van der Waals surface area contributed by atoms with Gasteiger partial charge in [0, 0.05) is 5.56 Å². The molecule has 1 atom stereocenters. The number of Topliss-reactive ketones (excluding diaryl/α,β-unsaturated/α-hetero) is 1. The first-order valence-corrected chi connectivity index (χ1v) is 8.80. The van der Waals surface area contributed by atoms with E-state index >= 15 is 0 Å². The Morgan fingerprint density at radius 2 is 2.00 bits per heavy atom. The van der Waals surface area contributed by atoms with Crippen molar-refractivity contribution in [2.24, 2.45) is 11.3 Å². The molecule has 2 heteroatoms. The molecular formula is C21H28O2. The molecule has 0 unspecified atom stereocenters. The lowest BCUT2D eigenvalue weighted by molar-refractivity contribution is 0.0984. The highest BCUT2D eigenvalue weighted by atomic mass is 16.5. The van der Waals surface area contributed by atoms with Crippen molar-refractivity contribution in [1.82, 2.24) is 0 Å². The fourth-order valence-electron chi connectivity index (χ4n) is 4.28. The van der Waals surface area contributed by atoms with Crippen LogP contribution in [-0.4, -0.2) is 12.9 Å². The molecule has 0 aromatic heterocycles. The predicted molar refractivity (Wildman–Crippen MR) is 94.3 cm³/mol. The highest BCUT2D eigenvalue weighted by Gasteiger charge is 2.39. The van der Waals surface area contributed by atoms with Crippen LogP contribution in [0, 0.1) is 11.3 Å². The first kappa shape index (κ1) is 16.3. The van der Waals surface area contributed by atoms with Crippen LogP contribution in [-0.2, 0) is 6.42 Å². The molecule has 0 aliphatic heterocycles. The highest BCUT2D eigenvalue weighted by Crippen LogP contribution is 2.47. The Kier molecular flexibility index (Phi) is 4.12. The summed E-state index contributed by atoms with van der Waals surface area (Å²) in [6.07, 6.45) is 6.43. The molecule has 0 saturated carbocycles. The lowest BCUT2D eigenvalue weighted by Gasteiger charge is -2.38. The Morgan fingerprint density at radius 1 is 1.26 bits per heavy atom. The van der Waals surface area contributed by atoms with E-state index in [1.165, 1.54) is 17.5 Å². The molecule has 2 nitrogen and oxygen atoms in total. The Hall–Kier alpha value is -1.57. The van der Waals surface area contributed by atoms with Crippen molar-refractivity contribution in [3.8, 4) is 5.75 Å². The van der Waals surface area contributed by atoms with Gasteiger partial charge in [-0.15, -0.1) is 0 Å². The van der Waals surface area contributed by atoms with Gasteiger partial charge in [-0.05, 0) is 65.7 Å². The fraction of sp³-hybridized carbons (Fsp3) is 0.571. The number of benzene rings is 1. The van der Waals surface area contributed by atoms with Crippen molar-refractivity contribution in [2.75, 3.05) is 7.11 Å². The zero-order valence-electron chi connectivity index (χ0n) is 15.0. The number of rotatable bonds is 2. The summed E-state index contributed by atoms with van der Waals surface area (Å²) in [5.74, 6) is 1.85. The van der Waals surface area contributed by atoms with Crippen LogP contribution in [0.4, 0.5) is 0 Å². The minimum Gasteiger partial charge on any atom is -0.496 e. The van der Waals surface area contributed by atoms with Crippen molar-refractivity contribution >= 4 is 5.78 Å². The van der Waals surface area contributed by atoms with Crippen LogP contribution in [0.1, 0.15) is 74.4 Å². The second kappa shape index (κ2) is 5.81. The molecule has 1 aromatic rings. The minimum atomic E-state index is 0.215. The second-order valence-electron chi connectivity index (χ2n) is 8.01. The molecular weight excluding hydrogens is 284 g/mol. The summed E-state index contributed by atoms with van der Waals surface area (Å²) in [5, 5.41) is 0. The number of methoxy groups -OCH3 is 1. The van der Waals surface area contributed by atoms with Crippen molar-refractivity contribution < 1.29 is 9.53 Å². The summed E-state index contributed by atoms with van der Waals surface area (Å²) in [6, 6.07) is 4.19. The first-order valence-electron chi connectivity index (χ1n) is 8.80. The van der Waals surface area contributed by atoms with E-state index in [1.807, 2.05) is 6.07 Å². The molecule has 0 spiro atoms. The number of hydrogen-bond acceptors (Lipinski definition) is 2. The molecule has 0 radical (unpaired) electrons. The van der Waals surface area contributed by atoms with Crippen LogP contribution in [0.2, 0.25) is 0 Å². The topological polar surface area (TPSA) is 26.3 Å². The molecule has 1 aromatic carbocycles. The molecule has 0 saturated heterocycles. The van der Waals surface area contributed by atoms with Crippen LogP contribution >= 0.6 is 0 Å². The van der Waals surface area contributed by atoms with E-state index in [4.69, 9.17) is 4.74 Å². The van der Waals surface area contributed by atoms with Gasteiger partial charge < -0.3 is 4.74 Å². The van der Waals surface area contributed by atoms with Gasteiger partial charge in [-0.2, -0.15) is 0 Å². The van der Waals surface area contributed by atoms with E-state index in [0.29, 0.717) is 11.8 Å². The van der Waals surface area contributed by atoms with Crippen molar-refractivity contribution in [3.63, 3.8) is 0 Å². The molecule has 0 amide bonds. The van der Waals surface area contributed by atoms with E-state index in [0.717, 1.165) is 36.1 Å². The van der Waals surface area contributed by atoms with Gasteiger partial charge in [0.05, 0.1) is 7.11 Å². The maximum atomic E-state index is 13.2. The number of ether oxygens (including phenoxy) is 1. The number of carbonyl (C=O) groups excluding carboxylic acids is 1. The first-order chi connectivity index (χ1) is 10.8. The van der Waals surface area contributed by atoms with Gasteiger partial charge in [-0.1, -0.05) is 39.8 Å². The third-order valence-corrected chi connectivity index (χ3v) is 5.76. The van der Waals surface area contributed by atoms with Crippen LogP contribution < -0.4 is 4.74 Å². The van der Waals surface area contributed by atoms with E-state index in [2.05, 4.69) is 39.8 Å². The van der Waals surface area contributed by atoms with Gasteiger partial charge in [0.25, 0.3) is 0 Å². The summed E-state index contributed by atoms with van der Waals surface area (Å²) in [5.41, 5.74) is 4.52. The largest absolute Gasteiger partial charge is 0.496 e. The maximum Gasteiger partial charge on any atom is 0.189 e. The smallest absolute Gasteiger partial charge is 0.189 e. The second-order valence-corrected chi connectivity index (χ2v) is 8.01. The number of aryl methyl sites for hydroxylation is 1. The quantitative estimate of drug-likeness (QED) is 0.739. The van der Waals surface area contributed by atoms with Crippen LogP contribution in [0.15, 0.2) is 23.8 Å². The lowest BCUT2D eigenvalue weighted by atomic mass is 9.66. The maximum absolute atomic E-state index is 13.2. The van der Waals surface area contributed by atoms with Gasteiger partial charge >= 0.3 is 0 Å². The van der Waals surface area contributed by atoms with Gasteiger partial charge in [-0.3, -0.25) is 4.79 Å². The zero-order valence-corrected chi connectivity index (χ0v) is 15.0. The van der Waals surface area contributed by atoms with E-state index in [1.54, 1.807) is 7.11 Å². The fourth-order valence-corrected chi connectivity index (χ4v) is 4.28. The van der Waals surface area contributed by atoms with Gasteiger partial charge in [0.15, 0.2) is 5.78 Å². The normalized spacial score (nSPS) is 23.0. The van der Waals surface area contributed by atoms with Crippen LogP contribution in [0.3, 0.4) is 0 Å². The minimum absolute atomic E-state index is 0.215. The van der Waals surface area contributed by atoms with E-state index < -0.39 is 0 Å². The third kappa shape index (κ3) is 2.73. The standard InChI is InChI=1S/C21H28O2/c1-13(2)16-11-14-8-9-18-15(7-6-10-21(18,3)4)20(22)17(14)12-19(16)23-5/h7,11-13,18H,6,8-10H2,1-5H3/t18-/m1/s1. The highest BCUT2D eigenvalue weighted by molar-refractivity contribution is 6.10. The Bertz CT molecular complexity index is 665. The van der Waals surface area contributed by atoms with Crippen LogP contribution in [0.25, 0.3) is 0 Å². The van der Waals surface area contributed by atoms with E-state index in [-0.39, 0.29) is 11.2 Å². The molecule has 0 fully saturated rings. The third-order valence-electron chi connectivity index (χ3n) is 5.76. The summed E-state index contributed by atoms with van der Waals surface area (Å²) in [6.45, 7) is 8.98. The molecule has 2 aliphatic carbocycles. The Morgan fingerprint density at radius 3 is 2.65 bits per heavy atom. The number of allylic oxidation sites excluding steroid dienone is 2. The molecule has 2 aliphatic rings. The Balaban J connectivity index is 2.11. The van der Waals surface area contributed by atoms with Crippen LogP contribution in [0.5, 0.6) is 5.75 Å². The van der Waals surface area contributed by atoms with E-state index in [9.17, 15) is 4.79 Å². The van der Waals surface area contributed by atoms with Crippen molar-refractivity contribution in [1.29, 1.82) is 0 Å². The van der Waals surface area contributed by atoms with Gasteiger partial charge in [0.2, 0.25) is 0 Å². The average molecular weight is 312 g/mol. The summed E-state index contributed by atoms with van der Waals surface area (Å²) in [4.78, 5) is 13.2. The van der Waals surface area contributed by atoms with Gasteiger partial charge in [0.1, 0.15) is 5.75 Å². The monoisotopic (exact) mass is 312 g/mol. The molecule has 23 heavy (non-hydrogen) atoms. The van der Waals surface area contributed by atoms with Crippen molar-refractivity contribution in [2.45, 2.75) is 59.3 Å². The summed E-state index contributed by atoms with van der Waals surface area (Å²) < 4.78 is 5.57. The molecule has 0 heterocycles. The summed E-state index contributed by atoms with van der Waals surface area (Å²) in [7, 11) is 1.70. The van der Waals surface area contributed by atoms with Crippen molar-refractivity contribution in [3.05, 3.63) is 40.5 Å². The SMILES string of the molecule is COc1cc2c(cc1C(C)C)CC[C@@H]1C(=CCCC1(C)C)C2=O. The molecule has 3 rings (SSSR count). The molecule has 0 N–H and O–H groups in total.